The first-order valence-electron chi connectivity index (χ1n) is 26.0. The number of nitrogens with zero attached hydrogens (tertiary/aromatic N) is 1. The number of unbranched alkanes of at least 4 members (excludes halogenated alkanes) is 23. The number of allylic oxidation sites excluding steroid dienone is 10. The van der Waals surface area contributed by atoms with Crippen LogP contribution in [0.3, 0.4) is 0 Å². The van der Waals surface area contributed by atoms with Crippen molar-refractivity contribution in [1.29, 1.82) is 0 Å². The molecular formula is C54H99NO8P+. The van der Waals surface area contributed by atoms with Gasteiger partial charge >= 0.3 is 19.8 Å². The van der Waals surface area contributed by atoms with Crippen LogP contribution in [0, 0.1) is 0 Å². The van der Waals surface area contributed by atoms with Gasteiger partial charge < -0.3 is 18.9 Å². The first-order chi connectivity index (χ1) is 31.0. The first kappa shape index (κ1) is 61.7. The number of hydrogen-bond acceptors (Lipinski definition) is 7. The molecule has 0 saturated heterocycles. The van der Waals surface area contributed by atoms with Crippen LogP contribution in [-0.2, 0) is 32.7 Å². The van der Waals surface area contributed by atoms with E-state index in [9.17, 15) is 19.0 Å². The second-order valence-corrected chi connectivity index (χ2v) is 20.0. The molecule has 9 nitrogen and oxygen atoms in total. The molecule has 0 aromatic carbocycles. The van der Waals surface area contributed by atoms with E-state index in [2.05, 4.69) is 74.6 Å². The summed E-state index contributed by atoms with van der Waals surface area (Å²) in [6.07, 6.45) is 57.5. The lowest BCUT2D eigenvalue weighted by molar-refractivity contribution is -0.870. The lowest BCUT2D eigenvalue weighted by Crippen LogP contribution is -2.37. The van der Waals surface area contributed by atoms with Crippen molar-refractivity contribution in [3.05, 3.63) is 60.8 Å². The van der Waals surface area contributed by atoms with Gasteiger partial charge in [-0.3, -0.25) is 18.6 Å². The Morgan fingerprint density at radius 3 is 1.33 bits per heavy atom. The summed E-state index contributed by atoms with van der Waals surface area (Å²) in [6.45, 7) is 4.27. The van der Waals surface area contributed by atoms with Crippen LogP contribution in [-0.4, -0.2) is 74.9 Å². The molecule has 0 spiro atoms. The van der Waals surface area contributed by atoms with Crippen LogP contribution >= 0.6 is 7.82 Å². The third kappa shape index (κ3) is 49.2. The maximum Gasteiger partial charge on any atom is 0.472 e. The van der Waals surface area contributed by atoms with Crippen LogP contribution in [0.4, 0.5) is 0 Å². The summed E-state index contributed by atoms with van der Waals surface area (Å²) < 4.78 is 34.3. The fourth-order valence-electron chi connectivity index (χ4n) is 7.04. The molecule has 0 amide bonds. The number of carbonyl (C=O) groups excluding carboxylic acids is 2. The second kappa shape index (κ2) is 45.8. The first-order valence-corrected chi connectivity index (χ1v) is 27.5. The quantitative estimate of drug-likeness (QED) is 0.0211. The molecule has 0 aromatic heterocycles. The highest BCUT2D eigenvalue weighted by atomic mass is 31.2. The summed E-state index contributed by atoms with van der Waals surface area (Å²) in [7, 11) is 1.48. The predicted molar refractivity (Wildman–Crippen MR) is 270 cm³/mol. The zero-order chi connectivity index (χ0) is 47.1. The van der Waals surface area contributed by atoms with E-state index in [1.54, 1.807) is 0 Å². The van der Waals surface area contributed by atoms with Gasteiger partial charge in [0.05, 0.1) is 27.7 Å². The number of ether oxygens (including phenoxy) is 2. The maximum absolute atomic E-state index is 12.7. The van der Waals surface area contributed by atoms with Crippen molar-refractivity contribution < 1.29 is 42.1 Å². The molecule has 0 aromatic rings. The maximum atomic E-state index is 12.7. The van der Waals surface area contributed by atoms with Crippen molar-refractivity contribution in [2.24, 2.45) is 0 Å². The molecular weight excluding hydrogens is 822 g/mol. The molecule has 0 aliphatic heterocycles. The number of esters is 2. The number of phosphoric ester groups is 1. The lowest BCUT2D eigenvalue weighted by Gasteiger charge is -2.24. The molecule has 0 rings (SSSR count). The van der Waals surface area contributed by atoms with Crippen LogP contribution in [0.2, 0.25) is 0 Å². The third-order valence-corrected chi connectivity index (χ3v) is 12.0. The highest BCUT2D eigenvalue weighted by Crippen LogP contribution is 2.43. The highest BCUT2D eigenvalue weighted by molar-refractivity contribution is 7.47. The summed E-state index contributed by atoms with van der Waals surface area (Å²) in [5, 5.41) is 0. The molecule has 2 atom stereocenters. The second-order valence-electron chi connectivity index (χ2n) is 18.5. The molecule has 0 saturated carbocycles. The van der Waals surface area contributed by atoms with Gasteiger partial charge in [-0.05, 0) is 57.8 Å². The monoisotopic (exact) mass is 921 g/mol. The van der Waals surface area contributed by atoms with Crippen molar-refractivity contribution >= 4 is 19.8 Å². The van der Waals surface area contributed by atoms with E-state index in [1.165, 1.54) is 122 Å². The number of carbonyl (C=O) groups is 2. The van der Waals surface area contributed by atoms with Gasteiger partial charge in [-0.25, -0.2) is 4.57 Å². The van der Waals surface area contributed by atoms with Gasteiger partial charge in [-0.2, -0.15) is 0 Å². The number of phosphoric acid groups is 1. The van der Waals surface area contributed by atoms with E-state index in [-0.39, 0.29) is 32.0 Å². The lowest BCUT2D eigenvalue weighted by atomic mass is 10.0. The number of hydrogen-bond donors (Lipinski definition) is 1. The zero-order valence-corrected chi connectivity index (χ0v) is 42.9. The Hall–Kier alpha value is -2.29. The van der Waals surface area contributed by atoms with E-state index in [0.717, 1.165) is 64.2 Å². The molecule has 0 aliphatic rings. The zero-order valence-electron chi connectivity index (χ0n) is 42.0. The topological polar surface area (TPSA) is 108 Å². The van der Waals surface area contributed by atoms with Gasteiger partial charge in [0.1, 0.15) is 19.8 Å². The fourth-order valence-corrected chi connectivity index (χ4v) is 7.78. The van der Waals surface area contributed by atoms with E-state index >= 15 is 0 Å². The average Bonchev–Trinajstić information content (AvgIpc) is 3.25. The van der Waals surface area contributed by atoms with Gasteiger partial charge in [-0.15, -0.1) is 0 Å². The van der Waals surface area contributed by atoms with Gasteiger partial charge in [-0.1, -0.05) is 209 Å². The Balaban J connectivity index is 3.94. The molecule has 0 fully saturated rings. The molecule has 0 bridgehead atoms. The average molecular weight is 921 g/mol. The van der Waals surface area contributed by atoms with Gasteiger partial charge in [0, 0.05) is 12.8 Å². The van der Waals surface area contributed by atoms with Crippen molar-refractivity contribution in [2.45, 2.75) is 225 Å². The van der Waals surface area contributed by atoms with Crippen molar-refractivity contribution in [1.82, 2.24) is 0 Å². The number of likely N-dealkylation sites (N-methyl/N-ethyl adjacent to an activating group) is 1. The number of rotatable bonds is 47. The minimum absolute atomic E-state index is 0.0322. The summed E-state index contributed by atoms with van der Waals surface area (Å²) in [6, 6.07) is 0. The minimum Gasteiger partial charge on any atom is -0.462 e. The molecule has 2 unspecified atom stereocenters. The summed E-state index contributed by atoms with van der Waals surface area (Å²) >= 11 is 0. The molecule has 10 heteroatoms. The summed E-state index contributed by atoms with van der Waals surface area (Å²) in [5.41, 5.74) is 0. The van der Waals surface area contributed by atoms with Crippen LogP contribution in [0.15, 0.2) is 60.8 Å². The molecule has 1 N–H and O–H groups in total. The van der Waals surface area contributed by atoms with Crippen LogP contribution in [0.1, 0.15) is 219 Å². The van der Waals surface area contributed by atoms with E-state index in [0.29, 0.717) is 17.4 Å². The largest absolute Gasteiger partial charge is 0.472 e. The van der Waals surface area contributed by atoms with E-state index in [1.807, 2.05) is 21.1 Å². The van der Waals surface area contributed by atoms with Crippen LogP contribution in [0.25, 0.3) is 0 Å². The predicted octanol–water partition coefficient (Wildman–Crippen LogP) is 15.6. The van der Waals surface area contributed by atoms with Gasteiger partial charge in [0.2, 0.25) is 0 Å². The van der Waals surface area contributed by atoms with Crippen molar-refractivity contribution in [3.8, 4) is 0 Å². The molecule has 64 heavy (non-hydrogen) atoms. The van der Waals surface area contributed by atoms with Gasteiger partial charge in [0.25, 0.3) is 0 Å². The van der Waals surface area contributed by atoms with E-state index in [4.69, 9.17) is 18.5 Å². The highest BCUT2D eigenvalue weighted by Gasteiger charge is 2.27. The molecule has 372 valence electrons. The Morgan fingerprint density at radius 2 is 0.891 bits per heavy atom. The molecule has 0 radical (unpaired) electrons. The SMILES string of the molecule is CC/C=C\C/C=C\C/C=C\C/C=C\C/C=C\CCCCCCCCCCCCCCCCCCCC(=O)OC(COC(=O)CCCCCCCCC)COP(=O)(O)OCC[N+](C)(C)C. The fraction of sp³-hybridized carbons (Fsp3) is 0.778. The van der Waals surface area contributed by atoms with Crippen molar-refractivity contribution in [3.63, 3.8) is 0 Å². The molecule has 0 aliphatic carbocycles. The normalized spacial score (nSPS) is 13.9. The Bertz CT molecular complexity index is 1270. The van der Waals surface area contributed by atoms with Crippen LogP contribution in [0.5, 0.6) is 0 Å². The molecule has 0 heterocycles. The standard InChI is InChI=1S/C54H98NO8P/c1-6-8-10-12-14-15-16-17-18-19-20-21-22-23-24-25-26-27-28-29-30-31-32-33-34-35-36-37-38-39-41-43-45-47-54(57)63-52(51-62-64(58,59)61-49-48-55(3,4)5)50-60-53(56)46-44-42-40-13-11-9-7-2/h8,10,14-15,17-18,20-21,23-24,52H,6-7,9,11-13,16,19,22,25-51H2,1-5H3/p+1/b10-8-,15-14-,18-17-,21-20-,24-23-. The third-order valence-electron chi connectivity index (χ3n) is 11.1. The Kier molecular flexibility index (Phi) is 44.2. The van der Waals surface area contributed by atoms with Crippen molar-refractivity contribution in [2.75, 3.05) is 47.5 Å². The summed E-state index contributed by atoms with van der Waals surface area (Å²) in [4.78, 5) is 35.3. The summed E-state index contributed by atoms with van der Waals surface area (Å²) in [5.74, 6) is -0.800. The Morgan fingerprint density at radius 1 is 0.500 bits per heavy atom. The van der Waals surface area contributed by atoms with Gasteiger partial charge in [0.15, 0.2) is 6.10 Å². The number of quaternary nitrogens is 1. The van der Waals surface area contributed by atoms with Crippen LogP contribution < -0.4 is 0 Å². The smallest absolute Gasteiger partial charge is 0.462 e. The minimum atomic E-state index is -4.37. The van der Waals surface area contributed by atoms with E-state index < -0.39 is 26.5 Å². The Labute approximate surface area is 394 Å².